The summed E-state index contributed by atoms with van der Waals surface area (Å²) in [5.74, 6) is 0.207. The van der Waals surface area contributed by atoms with Gasteiger partial charge in [0, 0.05) is 38.6 Å². The van der Waals surface area contributed by atoms with Gasteiger partial charge in [-0.3, -0.25) is 9.69 Å². The summed E-state index contributed by atoms with van der Waals surface area (Å²) < 4.78 is 0. The molecule has 0 unspecified atom stereocenters. The fraction of sp³-hybridized carbons (Fsp3) is 0.909. The molecule has 1 aliphatic heterocycles. The van der Waals surface area contributed by atoms with E-state index in [9.17, 15) is 4.79 Å². The van der Waals surface area contributed by atoms with Gasteiger partial charge in [0.05, 0.1) is 0 Å². The van der Waals surface area contributed by atoms with Crippen LogP contribution in [-0.4, -0.2) is 47.4 Å². The Labute approximate surface area is 87.1 Å². The van der Waals surface area contributed by atoms with Crippen LogP contribution in [0.1, 0.15) is 34.1 Å². The number of piperazine rings is 1. The van der Waals surface area contributed by atoms with E-state index in [2.05, 4.69) is 25.7 Å². The topological polar surface area (TPSA) is 23.6 Å². The third kappa shape index (κ3) is 2.47. The second kappa shape index (κ2) is 4.30. The quantitative estimate of drug-likeness (QED) is 0.668. The number of hydrogen-bond donors (Lipinski definition) is 0. The average molecular weight is 198 g/mol. The summed E-state index contributed by atoms with van der Waals surface area (Å²) >= 11 is 0. The van der Waals surface area contributed by atoms with Gasteiger partial charge in [0.1, 0.15) is 0 Å². The summed E-state index contributed by atoms with van der Waals surface area (Å²) in [6.45, 7) is 12.2. The van der Waals surface area contributed by atoms with Gasteiger partial charge < -0.3 is 4.90 Å². The van der Waals surface area contributed by atoms with Crippen LogP contribution in [0.3, 0.4) is 0 Å². The molecule has 1 amide bonds. The van der Waals surface area contributed by atoms with E-state index in [1.165, 1.54) is 0 Å². The Hall–Kier alpha value is -0.570. The first kappa shape index (κ1) is 11.5. The Morgan fingerprint density at radius 3 is 2.07 bits per heavy atom. The lowest BCUT2D eigenvalue weighted by molar-refractivity contribution is -0.131. The summed E-state index contributed by atoms with van der Waals surface area (Å²) in [6, 6.07) is 0. The van der Waals surface area contributed by atoms with Crippen molar-refractivity contribution in [2.24, 2.45) is 0 Å². The molecule has 0 saturated carbocycles. The van der Waals surface area contributed by atoms with Crippen molar-refractivity contribution in [2.45, 2.75) is 39.7 Å². The Kier molecular flexibility index (Phi) is 3.53. The van der Waals surface area contributed by atoms with Gasteiger partial charge >= 0.3 is 0 Å². The minimum Gasteiger partial charge on any atom is -0.340 e. The van der Waals surface area contributed by atoms with Crippen molar-refractivity contribution in [3.8, 4) is 0 Å². The molecule has 1 saturated heterocycles. The van der Waals surface area contributed by atoms with Crippen molar-refractivity contribution in [1.82, 2.24) is 9.80 Å². The molecule has 0 aromatic rings. The van der Waals surface area contributed by atoms with Crippen molar-refractivity contribution in [2.75, 3.05) is 26.2 Å². The summed E-state index contributed by atoms with van der Waals surface area (Å²) in [6.07, 6.45) is 1.16. The second-order valence-corrected chi connectivity index (χ2v) is 4.66. The number of nitrogens with zero attached hydrogens (tertiary/aromatic N) is 2. The van der Waals surface area contributed by atoms with E-state index in [0.29, 0.717) is 0 Å². The Morgan fingerprint density at radius 1 is 1.21 bits per heavy atom. The smallest absolute Gasteiger partial charge is 0.219 e. The van der Waals surface area contributed by atoms with Gasteiger partial charge in [-0.25, -0.2) is 0 Å². The number of amides is 1. The Balaban J connectivity index is 2.47. The lowest BCUT2D eigenvalue weighted by Gasteiger charge is -2.43. The fourth-order valence-electron chi connectivity index (χ4n) is 1.85. The highest BCUT2D eigenvalue weighted by molar-refractivity contribution is 5.73. The molecule has 0 aliphatic carbocycles. The lowest BCUT2D eigenvalue weighted by Crippen LogP contribution is -2.55. The maximum Gasteiger partial charge on any atom is 0.219 e. The van der Waals surface area contributed by atoms with E-state index in [4.69, 9.17) is 0 Å². The van der Waals surface area contributed by atoms with Crippen LogP contribution >= 0.6 is 0 Å². The van der Waals surface area contributed by atoms with Crippen LogP contribution < -0.4 is 0 Å². The normalized spacial score (nSPS) is 19.9. The maximum atomic E-state index is 11.1. The molecule has 1 heterocycles. The van der Waals surface area contributed by atoms with Crippen LogP contribution in [0.2, 0.25) is 0 Å². The standard InChI is InChI=1S/C11H22N2O/c1-5-11(3,4)13-8-6-12(7-9-13)10(2)14/h5-9H2,1-4H3. The van der Waals surface area contributed by atoms with Gasteiger partial charge in [-0.15, -0.1) is 0 Å². The zero-order valence-electron chi connectivity index (χ0n) is 9.84. The summed E-state index contributed by atoms with van der Waals surface area (Å²) in [5, 5.41) is 0. The van der Waals surface area contributed by atoms with Crippen molar-refractivity contribution in [1.29, 1.82) is 0 Å². The molecule has 3 heteroatoms. The minimum atomic E-state index is 0.207. The zero-order valence-corrected chi connectivity index (χ0v) is 9.84. The van der Waals surface area contributed by atoms with Crippen LogP contribution in [0.4, 0.5) is 0 Å². The molecule has 0 radical (unpaired) electrons. The molecule has 0 N–H and O–H groups in total. The molecular formula is C11H22N2O. The summed E-state index contributed by atoms with van der Waals surface area (Å²) in [5.41, 5.74) is 0.281. The van der Waals surface area contributed by atoms with Crippen LogP contribution in [0.5, 0.6) is 0 Å². The van der Waals surface area contributed by atoms with Gasteiger partial charge in [0.25, 0.3) is 0 Å². The maximum absolute atomic E-state index is 11.1. The average Bonchev–Trinajstić information content (AvgIpc) is 2.18. The number of hydrogen-bond acceptors (Lipinski definition) is 2. The molecule has 0 bridgehead atoms. The number of carbonyl (C=O) groups is 1. The highest BCUT2D eigenvalue weighted by Crippen LogP contribution is 2.19. The van der Waals surface area contributed by atoms with E-state index < -0.39 is 0 Å². The molecule has 1 aliphatic rings. The van der Waals surface area contributed by atoms with Gasteiger partial charge in [0.15, 0.2) is 0 Å². The number of carbonyl (C=O) groups excluding carboxylic acids is 1. The van der Waals surface area contributed by atoms with Crippen molar-refractivity contribution < 1.29 is 4.79 Å². The molecule has 82 valence electrons. The van der Waals surface area contributed by atoms with Gasteiger partial charge in [-0.05, 0) is 20.3 Å². The van der Waals surface area contributed by atoms with Crippen LogP contribution in [0, 0.1) is 0 Å². The van der Waals surface area contributed by atoms with Crippen LogP contribution in [-0.2, 0) is 4.79 Å². The van der Waals surface area contributed by atoms with E-state index in [1.807, 2.05) is 4.90 Å². The minimum absolute atomic E-state index is 0.207. The highest BCUT2D eigenvalue weighted by atomic mass is 16.2. The van der Waals surface area contributed by atoms with Gasteiger partial charge in [0.2, 0.25) is 5.91 Å². The highest BCUT2D eigenvalue weighted by Gasteiger charge is 2.28. The molecule has 0 aromatic carbocycles. The molecule has 0 aromatic heterocycles. The van der Waals surface area contributed by atoms with Crippen LogP contribution in [0.15, 0.2) is 0 Å². The van der Waals surface area contributed by atoms with Crippen molar-refractivity contribution in [3.05, 3.63) is 0 Å². The molecule has 3 nitrogen and oxygen atoms in total. The molecule has 0 spiro atoms. The Morgan fingerprint density at radius 2 is 1.71 bits per heavy atom. The fourth-order valence-corrected chi connectivity index (χ4v) is 1.85. The third-order valence-corrected chi connectivity index (χ3v) is 3.45. The molecule has 14 heavy (non-hydrogen) atoms. The first-order valence-electron chi connectivity index (χ1n) is 5.48. The largest absolute Gasteiger partial charge is 0.340 e. The molecule has 0 atom stereocenters. The molecule has 1 fully saturated rings. The number of rotatable bonds is 2. The first-order valence-corrected chi connectivity index (χ1v) is 5.48. The third-order valence-electron chi connectivity index (χ3n) is 3.45. The predicted octanol–water partition coefficient (Wildman–Crippen LogP) is 1.34. The van der Waals surface area contributed by atoms with Gasteiger partial charge in [-0.2, -0.15) is 0 Å². The first-order chi connectivity index (χ1) is 6.47. The monoisotopic (exact) mass is 198 g/mol. The second-order valence-electron chi connectivity index (χ2n) is 4.66. The Bertz CT molecular complexity index is 205. The van der Waals surface area contributed by atoms with E-state index in [0.717, 1.165) is 32.6 Å². The van der Waals surface area contributed by atoms with Gasteiger partial charge in [-0.1, -0.05) is 6.92 Å². The van der Waals surface area contributed by atoms with Crippen LogP contribution in [0.25, 0.3) is 0 Å². The van der Waals surface area contributed by atoms with E-state index in [1.54, 1.807) is 6.92 Å². The van der Waals surface area contributed by atoms with Crippen molar-refractivity contribution in [3.63, 3.8) is 0 Å². The lowest BCUT2D eigenvalue weighted by atomic mass is 9.98. The van der Waals surface area contributed by atoms with E-state index in [-0.39, 0.29) is 11.4 Å². The summed E-state index contributed by atoms with van der Waals surface area (Å²) in [7, 11) is 0. The molecule has 1 rings (SSSR count). The SMILES string of the molecule is CCC(C)(C)N1CCN(C(C)=O)CC1. The summed E-state index contributed by atoms with van der Waals surface area (Å²) in [4.78, 5) is 15.5. The van der Waals surface area contributed by atoms with E-state index >= 15 is 0 Å². The zero-order chi connectivity index (χ0) is 10.8. The predicted molar refractivity (Wildman–Crippen MR) is 58.2 cm³/mol. The molecular weight excluding hydrogens is 176 g/mol. The van der Waals surface area contributed by atoms with Crippen molar-refractivity contribution >= 4 is 5.91 Å².